The maximum Gasteiger partial charge on any atom is 1.00 e. The molecule has 0 unspecified atom stereocenters. The zero-order valence-electron chi connectivity index (χ0n) is 30.3. The Kier molecular flexibility index (Phi) is 35.2. The Labute approximate surface area is 324 Å². The van der Waals surface area contributed by atoms with E-state index in [2.05, 4.69) is 6.92 Å². The first-order valence-electron chi connectivity index (χ1n) is 19.6. The van der Waals surface area contributed by atoms with Crippen molar-refractivity contribution in [1.29, 1.82) is 0 Å². The van der Waals surface area contributed by atoms with Gasteiger partial charge >= 0.3 is 51.4 Å². The standard InChI is InChI=1S/C40H74O3S.K/c1-2-3-4-5-6-7-8-9-10-11-12-13-14-15-16-17-18-19-20-21-22-23-24-25-26-27-28-29-30-31-32-33-34-39-35-37-40(38-36-39)44(41,42)43;/h35-38H,2-34H2,1H3,(H,41,42,43);/q;+1/p-1. The third-order valence-corrected chi connectivity index (χ3v) is 10.4. The number of hydrogen-bond acceptors (Lipinski definition) is 3. The minimum atomic E-state index is -4.33. The van der Waals surface area contributed by atoms with Gasteiger partial charge in [0.15, 0.2) is 0 Å². The summed E-state index contributed by atoms with van der Waals surface area (Å²) in [6.07, 6.45) is 46.4. The van der Waals surface area contributed by atoms with Crippen molar-refractivity contribution in [3.8, 4) is 0 Å². The molecule has 0 saturated heterocycles. The van der Waals surface area contributed by atoms with Gasteiger partial charge in [-0.05, 0) is 30.5 Å². The molecule has 0 atom stereocenters. The smallest absolute Gasteiger partial charge is 0.744 e. The number of rotatable bonds is 34. The Hall–Kier alpha value is 0.766. The van der Waals surface area contributed by atoms with E-state index >= 15 is 0 Å². The Bertz CT molecular complexity index is 824. The van der Waals surface area contributed by atoms with Gasteiger partial charge in [-0.25, -0.2) is 8.42 Å². The average Bonchev–Trinajstić information content (AvgIpc) is 3.01. The second-order valence-electron chi connectivity index (χ2n) is 13.8. The van der Waals surface area contributed by atoms with E-state index in [9.17, 15) is 13.0 Å². The molecule has 3 nitrogen and oxygen atoms in total. The number of aryl methyl sites for hydroxylation is 1. The molecule has 0 heterocycles. The molecule has 0 aliphatic rings. The van der Waals surface area contributed by atoms with Crippen molar-refractivity contribution in [2.45, 2.75) is 224 Å². The molecule has 0 fully saturated rings. The molecule has 0 bridgehead atoms. The third kappa shape index (κ3) is 31.8. The average molecular weight is 673 g/mol. The predicted molar refractivity (Wildman–Crippen MR) is 192 cm³/mol. The van der Waals surface area contributed by atoms with E-state index in [0.717, 1.165) is 18.4 Å². The fourth-order valence-electron chi connectivity index (χ4n) is 6.53. The zero-order chi connectivity index (χ0) is 31.8. The molecule has 5 heteroatoms. The van der Waals surface area contributed by atoms with E-state index in [-0.39, 0.29) is 56.3 Å². The Morgan fingerprint density at radius 2 is 0.622 bits per heavy atom. The fraction of sp³-hybridized carbons (Fsp3) is 0.850. The van der Waals surface area contributed by atoms with Crippen molar-refractivity contribution >= 4 is 10.1 Å². The van der Waals surface area contributed by atoms with Crippen LogP contribution in [0.1, 0.15) is 218 Å². The largest absolute Gasteiger partial charge is 1.00 e. The van der Waals surface area contributed by atoms with Crippen molar-refractivity contribution in [2.75, 3.05) is 0 Å². The van der Waals surface area contributed by atoms with Crippen LogP contribution in [-0.4, -0.2) is 13.0 Å². The van der Waals surface area contributed by atoms with Crippen molar-refractivity contribution in [1.82, 2.24) is 0 Å². The summed E-state index contributed by atoms with van der Waals surface area (Å²) in [5, 5.41) is 0. The molecule has 1 rings (SSSR count). The minimum Gasteiger partial charge on any atom is -0.744 e. The maximum absolute atomic E-state index is 11.0. The first-order chi connectivity index (χ1) is 21.5. The monoisotopic (exact) mass is 672 g/mol. The SMILES string of the molecule is CCCCCCCCCCCCCCCCCCCCCCCCCCCCCCCCCCc1ccc(S(=O)(=O)[O-])cc1.[K+]. The number of benzene rings is 1. The van der Waals surface area contributed by atoms with Gasteiger partial charge in [0.1, 0.15) is 10.1 Å². The van der Waals surface area contributed by atoms with Crippen molar-refractivity contribution in [3.05, 3.63) is 29.8 Å². The van der Waals surface area contributed by atoms with E-state index in [1.54, 1.807) is 12.1 Å². The quantitative estimate of drug-likeness (QED) is 0.0416. The van der Waals surface area contributed by atoms with Crippen LogP contribution in [0, 0.1) is 0 Å². The first-order valence-corrected chi connectivity index (χ1v) is 21.0. The number of hydrogen-bond donors (Lipinski definition) is 0. The van der Waals surface area contributed by atoms with Gasteiger partial charge in [-0.1, -0.05) is 218 Å². The Morgan fingerprint density at radius 3 is 0.844 bits per heavy atom. The molecule has 0 N–H and O–H groups in total. The Morgan fingerprint density at radius 1 is 0.400 bits per heavy atom. The van der Waals surface area contributed by atoms with Gasteiger partial charge in [0, 0.05) is 0 Å². The normalized spacial score (nSPS) is 11.6. The van der Waals surface area contributed by atoms with Crippen LogP contribution in [0.4, 0.5) is 0 Å². The van der Waals surface area contributed by atoms with E-state index < -0.39 is 10.1 Å². The van der Waals surface area contributed by atoms with Gasteiger partial charge in [-0.15, -0.1) is 0 Å². The molecular weight excluding hydrogens is 600 g/mol. The van der Waals surface area contributed by atoms with Gasteiger partial charge in [0.05, 0.1) is 4.90 Å². The minimum absolute atomic E-state index is 0. The summed E-state index contributed by atoms with van der Waals surface area (Å²) in [5.41, 5.74) is 1.11. The van der Waals surface area contributed by atoms with Gasteiger partial charge in [-0.3, -0.25) is 0 Å². The molecule has 258 valence electrons. The third-order valence-electron chi connectivity index (χ3n) is 9.53. The van der Waals surface area contributed by atoms with Crippen molar-refractivity contribution < 1.29 is 64.4 Å². The molecule has 0 radical (unpaired) electrons. The summed E-state index contributed by atoms with van der Waals surface area (Å²) < 4.78 is 33.0. The molecule has 0 aromatic heterocycles. The maximum atomic E-state index is 11.0. The molecule has 0 saturated carbocycles. The molecule has 1 aromatic rings. The topological polar surface area (TPSA) is 57.2 Å². The van der Waals surface area contributed by atoms with Gasteiger partial charge < -0.3 is 4.55 Å². The van der Waals surface area contributed by atoms with E-state index in [0.29, 0.717) is 0 Å². The van der Waals surface area contributed by atoms with E-state index in [1.807, 2.05) is 0 Å². The Balaban J connectivity index is 0.0000194. The molecule has 45 heavy (non-hydrogen) atoms. The van der Waals surface area contributed by atoms with E-state index in [1.165, 1.54) is 211 Å². The predicted octanol–water partition coefficient (Wildman–Crippen LogP) is 10.6. The molecule has 0 aliphatic heterocycles. The van der Waals surface area contributed by atoms with Crippen molar-refractivity contribution in [3.63, 3.8) is 0 Å². The van der Waals surface area contributed by atoms with Crippen molar-refractivity contribution in [2.24, 2.45) is 0 Å². The van der Waals surface area contributed by atoms with Crippen LogP contribution in [-0.2, 0) is 16.5 Å². The van der Waals surface area contributed by atoms with Crippen LogP contribution >= 0.6 is 0 Å². The summed E-state index contributed by atoms with van der Waals surface area (Å²) in [4.78, 5) is -0.132. The molecule has 0 aliphatic carbocycles. The molecule has 0 spiro atoms. The second kappa shape index (κ2) is 34.6. The van der Waals surface area contributed by atoms with Gasteiger partial charge in [0.2, 0.25) is 0 Å². The second-order valence-corrected chi connectivity index (χ2v) is 15.2. The van der Waals surface area contributed by atoms with Crippen LogP contribution in [0.2, 0.25) is 0 Å². The van der Waals surface area contributed by atoms with Crippen LogP contribution in [0.3, 0.4) is 0 Å². The number of unbranched alkanes of at least 4 members (excludes halogenated alkanes) is 31. The van der Waals surface area contributed by atoms with Crippen LogP contribution in [0.25, 0.3) is 0 Å². The summed E-state index contributed by atoms with van der Waals surface area (Å²) in [7, 11) is -4.33. The van der Waals surface area contributed by atoms with Crippen LogP contribution in [0.15, 0.2) is 29.2 Å². The van der Waals surface area contributed by atoms with Crippen LogP contribution < -0.4 is 51.4 Å². The molecule has 1 aromatic carbocycles. The molecular formula is C40H73KO3S. The van der Waals surface area contributed by atoms with E-state index in [4.69, 9.17) is 0 Å². The summed E-state index contributed by atoms with van der Waals surface area (Å²) in [6, 6.07) is 6.41. The fourth-order valence-corrected chi connectivity index (χ4v) is 7.00. The van der Waals surface area contributed by atoms with Gasteiger partial charge in [-0.2, -0.15) is 0 Å². The van der Waals surface area contributed by atoms with Gasteiger partial charge in [0.25, 0.3) is 0 Å². The van der Waals surface area contributed by atoms with Crippen LogP contribution in [0.5, 0.6) is 0 Å². The summed E-state index contributed by atoms with van der Waals surface area (Å²) in [5.74, 6) is 0. The zero-order valence-corrected chi connectivity index (χ0v) is 34.2. The first kappa shape index (κ1) is 45.8. The summed E-state index contributed by atoms with van der Waals surface area (Å²) >= 11 is 0. The molecule has 0 amide bonds. The summed E-state index contributed by atoms with van der Waals surface area (Å²) in [6.45, 7) is 2.30.